The number of carbonyl (C=O) groups is 2. The molecular formula is C9H18N2O4S. The minimum Gasteiger partial charge on any atom is -0.480 e. The number of aliphatic carboxylic acids is 1. The van der Waals surface area contributed by atoms with Crippen LogP contribution in [-0.4, -0.2) is 55.4 Å². The lowest BCUT2D eigenvalue weighted by atomic mass is 10.5. The summed E-state index contributed by atoms with van der Waals surface area (Å²) >= 11 is 1.73. The monoisotopic (exact) mass is 250 g/mol. The smallest absolute Gasteiger partial charge is 0.329 e. The normalized spacial score (nSPS) is 9.81. The van der Waals surface area contributed by atoms with Gasteiger partial charge in [-0.2, -0.15) is 11.8 Å². The van der Waals surface area contributed by atoms with Crippen LogP contribution in [0, 0.1) is 0 Å². The van der Waals surface area contributed by atoms with Crippen LogP contribution in [0.3, 0.4) is 0 Å². The van der Waals surface area contributed by atoms with Gasteiger partial charge in [0.1, 0.15) is 6.61 Å². The largest absolute Gasteiger partial charge is 0.480 e. The van der Waals surface area contributed by atoms with Gasteiger partial charge in [0.2, 0.25) is 0 Å². The number of carboxylic acid groups (broad SMARTS) is 1. The number of nitrogens with one attached hydrogen (secondary N) is 2. The Morgan fingerprint density at radius 2 is 2.00 bits per heavy atom. The Labute approximate surface area is 99.1 Å². The first-order valence-corrected chi connectivity index (χ1v) is 6.36. The molecule has 0 aromatic rings. The number of urea groups is 1. The summed E-state index contributed by atoms with van der Waals surface area (Å²) in [6, 6.07) is -0.250. The molecule has 6 nitrogen and oxygen atoms in total. The highest BCUT2D eigenvalue weighted by atomic mass is 32.2. The molecule has 0 aromatic heterocycles. The third-order valence-electron chi connectivity index (χ3n) is 1.57. The van der Waals surface area contributed by atoms with Crippen molar-refractivity contribution in [3.8, 4) is 0 Å². The van der Waals surface area contributed by atoms with Crippen LogP contribution in [0.4, 0.5) is 4.79 Å². The maximum Gasteiger partial charge on any atom is 0.329 e. The van der Waals surface area contributed by atoms with E-state index in [0.717, 1.165) is 12.2 Å². The highest BCUT2D eigenvalue weighted by Crippen LogP contribution is 1.92. The first-order chi connectivity index (χ1) is 7.66. The van der Waals surface area contributed by atoms with Crippen molar-refractivity contribution in [1.82, 2.24) is 10.6 Å². The van der Waals surface area contributed by atoms with Crippen LogP contribution in [0.15, 0.2) is 0 Å². The van der Waals surface area contributed by atoms with Gasteiger partial charge in [0.15, 0.2) is 0 Å². The van der Waals surface area contributed by atoms with Gasteiger partial charge in [0.25, 0.3) is 0 Å². The van der Waals surface area contributed by atoms with Crippen LogP contribution in [0.5, 0.6) is 0 Å². The number of amides is 2. The number of hydrogen-bond donors (Lipinski definition) is 3. The summed E-state index contributed by atoms with van der Waals surface area (Å²) in [6.07, 6.45) is 2.95. The number of carbonyl (C=O) groups excluding carboxylic acids is 1. The molecular weight excluding hydrogens is 232 g/mol. The molecule has 0 aromatic carbocycles. The Morgan fingerprint density at radius 3 is 2.62 bits per heavy atom. The van der Waals surface area contributed by atoms with E-state index in [4.69, 9.17) is 9.84 Å². The molecule has 0 fully saturated rings. The van der Waals surface area contributed by atoms with E-state index >= 15 is 0 Å². The molecule has 0 saturated carbocycles. The topological polar surface area (TPSA) is 87.7 Å². The molecule has 16 heavy (non-hydrogen) atoms. The first kappa shape index (κ1) is 15.0. The highest BCUT2D eigenvalue weighted by Gasteiger charge is 1.99. The summed E-state index contributed by atoms with van der Waals surface area (Å²) in [6.45, 7) is 0.811. The molecule has 0 saturated heterocycles. The fourth-order valence-electron chi connectivity index (χ4n) is 0.877. The summed E-state index contributed by atoms with van der Waals surface area (Å²) in [4.78, 5) is 21.2. The number of rotatable bonds is 9. The summed E-state index contributed by atoms with van der Waals surface area (Å²) in [7, 11) is 0. The van der Waals surface area contributed by atoms with Crippen LogP contribution < -0.4 is 10.6 Å². The van der Waals surface area contributed by atoms with Crippen LogP contribution in [0.1, 0.15) is 6.42 Å². The number of ether oxygens (including phenoxy) is 1. The van der Waals surface area contributed by atoms with Crippen molar-refractivity contribution in [2.24, 2.45) is 0 Å². The summed E-state index contributed by atoms with van der Waals surface area (Å²) in [5.74, 6) is 0.00339. The van der Waals surface area contributed by atoms with Gasteiger partial charge in [-0.1, -0.05) is 0 Å². The van der Waals surface area contributed by atoms with Crippen molar-refractivity contribution in [3.63, 3.8) is 0 Å². The van der Waals surface area contributed by atoms with Gasteiger partial charge in [-0.15, -0.1) is 0 Å². The van der Waals surface area contributed by atoms with Gasteiger partial charge in [-0.3, -0.25) is 0 Å². The molecule has 94 valence electrons. The van der Waals surface area contributed by atoms with Crippen molar-refractivity contribution >= 4 is 23.8 Å². The summed E-state index contributed by atoms with van der Waals surface area (Å²) < 4.78 is 4.74. The zero-order chi connectivity index (χ0) is 12.2. The zero-order valence-electron chi connectivity index (χ0n) is 9.32. The average molecular weight is 250 g/mol. The minimum atomic E-state index is -1.01. The quantitative estimate of drug-likeness (QED) is 0.507. The maximum absolute atomic E-state index is 11.1. The van der Waals surface area contributed by atoms with Crippen molar-refractivity contribution in [3.05, 3.63) is 0 Å². The molecule has 7 heteroatoms. The van der Waals surface area contributed by atoms with E-state index in [9.17, 15) is 9.59 Å². The molecule has 0 unspecified atom stereocenters. The molecule has 3 N–H and O–H groups in total. The zero-order valence-corrected chi connectivity index (χ0v) is 10.1. The van der Waals surface area contributed by atoms with Crippen LogP contribution in [-0.2, 0) is 9.53 Å². The van der Waals surface area contributed by atoms with Gasteiger partial charge >= 0.3 is 12.0 Å². The van der Waals surface area contributed by atoms with E-state index in [1.165, 1.54) is 0 Å². The first-order valence-electron chi connectivity index (χ1n) is 4.97. The lowest BCUT2D eigenvalue weighted by Crippen LogP contribution is -2.38. The van der Waals surface area contributed by atoms with E-state index in [2.05, 4.69) is 10.6 Å². The summed E-state index contributed by atoms with van der Waals surface area (Å²) in [5, 5.41) is 13.5. The van der Waals surface area contributed by atoms with Gasteiger partial charge in [0, 0.05) is 13.1 Å². The number of carboxylic acids is 1. The predicted octanol–water partition coefficient (Wildman–Crippen LogP) is 0.140. The van der Waals surface area contributed by atoms with Gasteiger partial charge < -0.3 is 20.5 Å². The van der Waals surface area contributed by atoms with E-state index in [1.54, 1.807) is 11.8 Å². The fourth-order valence-corrected chi connectivity index (χ4v) is 1.31. The Kier molecular flexibility index (Phi) is 9.94. The molecule has 0 aliphatic rings. The molecule has 0 atom stereocenters. The van der Waals surface area contributed by atoms with Gasteiger partial charge in [-0.05, 0) is 18.4 Å². The fraction of sp³-hybridized carbons (Fsp3) is 0.778. The van der Waals surface area contributed by atoms with E-state index in [1.807, 2.05) is 6.26 Å². The Bertz CT molecular complexity index is 214. The third kappa shape index (κ3) is 11.1. The van der Waals surface area contributed by atoms with Crippen molar-refractivity contribution < 1.29 is 19.4 Å². The van der Waals surface area contributed by atoms with Crippen LogP contribution in [0.25, 0.3) is 0 Å². The Hall–Kier alpha value is -0.950. The number of hydrogen-bond acceptors (Lipinski definition) is 4. The second-order valence-corrected chi connectivity index (χ2v) is 3.96. The number of thioether (sulfide) groups is 1. The molecule has 0 bridgehead atoms. The van der Waals surface area contributed by atoms with Gasteiger partial charge in [-0.25, -0.2) is 9.59 Å². The maximum atomic E-state index is 11.1. The molecule has 2 amide bonds. The molecule has 0 spiro atoms. The third-order valence-corrected chi connectivity index (χ3v) is 2.27. The van der Waals surface area contributed by atoms with Crippen molar-refractivity contribution in [1.29, 1.82) is 0 Å². The molecule has 0 aliphatic carbocycles. The minimum absolute atomic E-state index is 0.199. The lowest BCUT2D eigenvalue weighted by molar-refractivity contribution is -0.142. The molecule has 0 aliphatic heterocycles. The standard InChI is InChI=1S/C9H18N2O4S/c1-16-6-2-3-10-9(14)11-4-5-15-7-8(12)13/h2-7H2,1H3,(H,12,13)(H2,10,11,14). The van der Waals surface area contributed by atoms with Crippen molar-refractivity contribution in [2.75, 3.05) is 38.3 Å². The molecule has 0 rings (SSSR count). The second-order valence-electron chi connectivity index (χ2n) is 2.98. The summed E-state index contributed by atoms with van der Waals surface area (Å²) in [5.41, 5.74) is 0. The van der Waals surface area contributed by atoms with Crippen LogP contribution >= 0.6 is 11.8 Å². The predicted molar refractivity (Wildman–Crippen MR) is 62.9 cm³/mol. The molecule has 0 radical (unpaired) electrons. The Morgan fingerprint density at radius 1 is 1.31 bits per heavy atom. The van der Waals surface area contributed by atoms with Gasteiger partial charge in [0.05, 0.1) is 6.61 Å². The molecule has 0 heterocycles. The second kappa shape index (κ2) is 10.6. The van der Waals surface area contributed by atoms with Crippen molar-refractivity contribution in [2.45, 2.75) is 6.42 Å². The average Bonchev–Trinajstić information content (AvgIpc) is 2.23. The Balaban J connectivity index is 3.20. The van der Waals surface area contributed by atoms with E-state index in [0.29, 0.717) is 13.1 Å². The van der Waals surface area contributed by atoms with Crippen LogP contribution in [0.2, 0.25) is 0 Å². The lowest BCUT2D eigenvalue weighted by Gasteiger charge is -2.06. The van der Waals surface area contributed by atoms with E-state index < -0.39 is 5.97 Å². The SMILES string of the molecule is CSCCCNC(=O)NCCOCC(=O)O. The highest BCUT2D eigenvalue weighted by molar-refractivity contribution is 7.98. The van der Waals surface area contributed by atoms with E-state index in [-0.39, 0.29) is 19.2 Å².